The predicted molar refractivity (Wildman–Crippen MR) is 72.8 cm³/mol. The lowest BCUT2D eigenvalue weighted by atomic mass is 10.1. The summed E-state index contributed by atoms with van der Waals surface area (Å²) in [6, 6.07) is 6.07. The Labute approximate surface area is 107 Å². The number of aliphatic imine (C=N–C) groups is 1. The van der Waals surface area contributed by atoms with Crippen LogP contribution in [-0.2, 0) is 13.5 Å². The maximum Gasteiger partial charge on any atom is 0.144 e. The average Bonchev–Trinajstić information content (AvgIpc) is 2.82. The molecule has 0 radical (unpaired) electrons. The van der Waals surface area contributed by atoms with Gasteiger partial charge in [-0.15, -0.1) is 0 Å². The first-order chi connectivity index (χ1) is 8.72. The highest BCUT2D eigenvalue weighted by molar-refractivity contribution is 5.82. The standard InChI is InChI=1S/C14H17N3O/c1-4-11-5-6-13(14(7-11)18-3)15-8-12-9-16-17(2)10-12/h5-10H,4H2,1-3H3. The van der Waals surface area contributed by atoms with Gasteiger partial charge in [-0.3, -0.25) is 9.67 Å². The third-order valence-corrected chi connectivity index (χ3v) is 2.73. The molecule has 1 aromatic carbocycles. The van der Waals surface area contributed by atoms with Gasteiger partial charge in [0.05, 0.1) is 13.3 Å². The van der Waals surface area contributed by atoms with Crippen LogP contribution >= 0.6 is 0 Å². The van der Waals surface area contributed by atoms with Crippen molar-refractivity contribution in [3.05, 3.63) is 41.7 Å². The Hall–Kier alpha value is -2.10. The molecule has 1 heterocycles. The van der Waals surface area contributed by atoms with Crippen LogP contribution in [0.2, 0.25) is 0 Å². The fraction of sp³-hybridized carbons (Fsp3) is 0.286. The minimum Gasteiger partial charge on any atom is -0.494 e. The summed E-state index contributed by atoms with van der Waals surface area (Å²) >= 11 is 0. The van der Waals surface area contributed by atoms with Gasteiger partial charge in [0, 0.05) is 25.0 Å². The van der Waals surface area contributed by atoms with Crippen LogP contribution in [0, 0.1) is 0 Å². The van der Waals surface area contributed by atoms with Crippen LogP contribution in [0.3, 0.4) is 0 Å². The molecule has 4 heteroatoms. The number of rotatable bonds is 4. The minimum atomic E-state index is 0.800. The van der Waals surface area contributed by atoms with Crippen LogP contribution in [0.4, 0.5) is 5.69 Å². The van der Waals surface area contributed by atoms with E-state index < -0.39 is 0 Å². The molecule has 0 aliphatic rings. The summed E-state index contributed by atoms with van der Waals surface area (Å²) in [4.78, 5) is 4.43. The highest BCUT2D eigenvalue weighted by Gasteiger charge is 2.02. The van der Waals surface area contributed by atoms with Crippen molar-refractivity contribution in [1.82, 2.24) is 9.78 Å². The third-order valence-electron chi connectivity index (χ3n) is 2.73. The molecule has 18 heavy (non-hydrogen) atoms. The third kappa shape index (κ3) is 2.77. The number of aromatic nitrogens is 2. The molecule has 0 saturated heterocycles. The number of methoxy groups -OCH3 is 1. The number of hydrogen-bond donors (Lipinski definition) is 0. The Morgan fingerprint density at radius 1 is 1.44 bits per heavy atom. The smallest absolute Gasteiger partial charge is 0.144 e. The van der Waals surface area contributed by atoms with Crippen LogP contribution in [0.15, 0.2) is 35.6 Å². The summed E-state index contributed by atoms with van der Waals surface area (Å²) < 4.78 is 7.10. The Balaban J connectivity index is 2.25. The second kappa shape index (κ2) is 5.49. The first kappa shape index (κ1) is 12.4. The van der Waals surface area contributed by atoms with Crippen molar-refractivity contribution in [3.8, 4) is 5.75 Å². The highest BCUT2D eigenvalue weighted by atomic mass is 16.5. The van der Waals surface area contributed by atoms with Crippen molar-refractivity contribution in [2.75, 3.05) is 7.11 Å². The van der Waals surface area contributed by atoms with Crippen LogP contribution in [0.5, 0.6) is 5.75 Å². The van der Waals surface area contributed by atoms with Crippen molar-refractivity contribution in [2.45, 2.75) is 13.3 Å². The molecule has 2 rings (SSSR count). The topological polar surface area (TPSA) is 39.4 Å². The van der Waals surface area contributed by atoms with E-state index in [1.807, 2.05) is 25.4 Å². The maximum absolute atomic E-state index is 5.35. The van der Waals surface area contributed by atoms with E-state index >= 15 is 0 Å². The quantitative estimate of drug-likeness (QED) is 0.774. The number of nitrogens with zero attached hydrogens (tertiary/aromatic N) is 3. The highest BCUT2D eigenvalue weighted by Crippen LogP contribution is 2.28. The van der Waals surface area contributed by atoms with Crippen LogP contribution in [0.25, 0.3) is 0 Å². The normalized spacial score (nSPS) is 11.1. The van der Waals surface area contributed by atoms with Crippen molar-refractivity contribution in [1.29, 1.82) is 0 Å². The lowest BCUT2D eigenvalue weighted by Gasteiger charge is -2.05. The molecular formula is C14H17N3O. The van der Waals surface area contributed by atoms with Gasteiger partial charge in [0.15, 0.2) is 0 Å². The van der Waals surface area contributed by atoms with Gasteiger partial charge in [-0.2, -0.15) is 5.10 Å². The lowest BCUT2D eigenvalue weighted by Crippen LogP contribution is -1.87. The fourth-order valence-electron chi connectivity index (χ4n) is 1.70. The molecule has 94 valence electrons. The molecule has 0 spiro atoms. The number of aryl methyl sites for hydroxylation is 2. The predicted octanol–water partition coefficient (Wildman–Crippen LogP) is 2.74. The summed E-state index contributed by atoms with van der Waals surface area (Å²) in [6.45, 7) is 2.12. The molecule has 0 amide bonds. The van der Waals surface area contributed by atoms with E-state index in [-0.39, 0.29) is 0 Å². The fourth-order valence-corrected chi connectivity index (χ4v) is 1.70. The molecule has 4 nitrogen and oxygen atoms in total. The molecule has 0 unspecified atom stereocenters. The van der Waals surface area contributed by atoms with E-state index in [4.69, 9.17) is 4.74 Å². The Kier molecular flexibility index (Phi) is 3.77. The van der Waals surface area contributed by atoms with Crippen molar-refractivity contribution in [3.63, 3.8) is 0 Å². The average molecular weight is 243 g/mol. The van der Waals surface area contributed by atoms with Gasteiger partial charge in [0.1, 0.15) is 11.4 Å². The minimum absolute atomic E-state index is 0.800. The number of benzene rings is 1. The molecule has 0 aliphatic carbocycles. The summed E-state index contributed by atoms with van der Waals surface area (Å²) in [5.74, 6) is 0.800. The molecule has 0 N–H and O–H groups in total. The Morgan fingerprint density at radius 2 is 2.28 bits per heavy atom. The van der Waals surface area contributed by atoms with Crippen molar-refractivity contribution in [2.24, 2.45) is 12.0 Å². The summed E-state index contributed by atoms with van der Waals surface area (Å²) in [7, 11) is 3.55. The van der Waals surface area contributed by atoms with Gasteiger partial charge >= 0.3 is 0 Å². The molecule has 2 aromatic rings. The zero-order chi connectivity index (χ0) is 13.0. The van der Waals surface area contributed by atoms with Gasteiger partial charge in [-0.25, -0.2) is 0 Å². The van der Waals surface area contributed by atoms with E-state index in [1.165, 1.54) is 5.56 Å². The van der Waals surface area contributed by atoms with Crippen molar-refractivity contribution >= 4 is 11.9 Å². The van der Waals surface area contributed by atoms with Gasteiger partial charge in [0.2, 0.25) is 0 Å². The Bertz CT molecular complexity index is 558. The largest absolute Gasteiger partial charge is 0.494 e. The molecule has 0 atom stereocenters. The molecule has 0 fully saturated rings. The van der Waals surface area contributed by atoms with Gasteiger partial charge < -0.3 is 4.74 Å². The zero-order valence-electron chi connectivity index (χ0n) is 10.9. The van der Waals surface area contributed by atoms with Gasteiger partial charge in [-0.05, 0) is 24.1 Å². The summed E-state index contributed by atoms with van der Waals surface area (Å²) in [5.41, 5.74) is 3.05. The first-order valence-electron chi connectivity index (χ1n) is 5.92. The molecule has 0 aliphatic heterocycles. The number of ether oxygens (including phenoxy) is 1. The Morgan fingerprint density at radius 3 is 2.89 bits per heavy atom. The van der Waals surface area contributed by atoms with E-state index in [2.05, 4.69) is 23.1 Å². The molecule has 1 aromatic heterocycles. The zero-order valence-corrected chi connectivity index (χ0v) is 10.9. The first-order valence-corrected chi connectivity index (χ1v) is 5.92. The second-order valence-electron chi connectivity index (χ2n) is 4.07. The molecule has 0 saturated carbocycles. The summed E-state index contributed by atoms with van der Waals surface area (Å²) in [5, 5.41) is 4.09. The van der Waals surface area contributed by atoms with Crippen LogP contribution in [-0.4, -0.2) is 23.1 Å². The van der Waals surface area contributed by atoms with E-state index in [0.29, 0.717) is 0 Å². The SMILES string of the molecule is CCc1ccc(N=Cc2cnn(C)c2)c(OC)c1. The summed E-state index contributed by atoms with van der Waals surface area (Å²) in [6.07, 6.45) is 6.46. The second-order valence-corrected chi connectivity index (χ2v) is 4.07. The molecular weight excluding hydrogens is 226 g/mol. The lowest BCUT2D eigenvalue weighted by molar-refractivity contribution is 0.415. The van der Waals surface area contributed by atoms with E-state index in [0.717, 1.165) is 23.4 Å². The van der Waals surface area contributed by atoms with Gasteiger partial charge in [0.25, 0.3) is 0 Å². The maximum atomic E-state index is 5.35. The number of hydrogen-bond acceptors (Lipinski definition) is 3. The van der Waals surface area contributed by atoms with Crippen LogP contribution in [0.1, 0.15) is 18.1 Å². The monoisotopic (exact) mass is 243 g/mol. The molecule has 0 bridgehead atoms. The van der Waals surface area contributed by atoms with E-state index in [1.54, 1.807) is 24.2 Å². The van der Waals surface area contributed by atoms with E-state index in [9.17, 15) is 0 Å². The van der Waals surface area contributed by atoms with Gasteiger partial charge in [-0.1, -0.05) is 13.0 Å². The van der Waals surface area contributed by atoms with Crippen LogP contribution < -0.4 is 4.74 Å². The van der Waals surface area contributed by atoms with Crippen molar-refractivity contribution < 1.29 is 4.74 Å².